The number of anilines is 1. The minimum atomic E-state index is -4.07. The molecule has 19 heavy (non-hydrogen) atoms. The smallest absolute Gasteiger partial charge is 0.264 e. The largest absolute Gasteiger partial charge is 0.399 e. The van der Waals surface area contributed by atoms with Crippen LogP contribution in [0.25, 0.3) is 0 Å². The number of sulfonamides is 1. The number of hydrogen-bond acceptors (Lipinski definition) is 5. The third-order valence-corrected chi connectivity index (χ3v) is 5.14. The number of rotatable bonds is 6. The van der Waals surface area contributed by atoms with Crippen molar-refractivity contribution in [3.8, 4) is 0 Å². The zero-order valence-electron chi connectivity index (χ0n) is 10.4. The van der Waals surface area contributed by atoms with Gasteiger partial charge in [0.05, 0.1) is 10.6 Å². The van der Waals surface area contributed by atoms with E-state index in [0.717, 1.165) is 4.31 Å². The van der Waals surface area contributed by atoms with Gasteiger partial charge >= 0.3 is 0 Å². The van der Waals surface area contributed by atoms with E-state index in [9.17, 15) is 16.8 Å². The molecule has 0 radical (unpaired) electrons. The van der Waals surface area contributed by atoms with E-state index in [1.54, 1.807) is 0 Å². The third-order valence-electron chi connectivity index (χ3n) is 2.46. The van der Waals surface area contributed by atoms with Crippen LogP contribution in [0.4, 0.5) is 5.69 Å². The van der Waals surface area contributed by atoms with E-state index in [2.05, 4.69) is 0 Å². The molecule has 0 heterocycles. The zero-order valence-corrected chi connectivity index (χ0v) is 12.0. The van der Waals surface area contributed by atoms with Crippen LogP contribution in [-0.2, 0) is 20.1 Å². The molecule has 0 aliphatic rings. The van der Waals surface area contributed by atoms with Gasteiger partial charge in [0, 0.05) is 19.3 Å². The lowest BCUT2D eigenvalue weighted by Crippen LogP contribution is -2.29. The Bertz CT molecular complexity index is 622. The predicted octanol–water partition coefficient (Wildman–Crippen LogP) is 0.167. The maximum absolute atomic E-state index is 12.1. The maximum atomic E-state index is 12.1. The van der Waals surface area contributed by atoms with Gasteiger partial charge < -0.3 is 5.73 Å². The molecular weight excluding hydrogens is 292 g/mol. The van der Waals surface area contributed by atoms with E-state index in [4.69, 9.17) is 10.3 Å². The molecule has 0 aliphatic carbocycles. The monoisotopic (exact) mass is 308 g/mol. The average molecular weight is 308 g/mol. The van der Waals surface area contributed by atoms with Gasteiger partial charge in [-0.2, -0.15) is 8.42 Å². The van der Waals surface area contributed by atoms with Crippen molar-refractivity contribution < 1.29 is 21.4 Å². The highest BCUT2D eigenvalue weighted by Crippen LogP contribution is 2.16. The summed E-state index contributed by atoms with van der Waals surface area (Å²) in [5.41, 5.74) is 5.92. The number of nitrogens with zero attached hydrogens (tertiary/aromatic N) is 1. The minimum Gasteiger partial charge on any atom is -0.399 e. The molecule has 7 nitrogen and oxygen atoms in total. The van der Waals surface area contributed by atoms with E-state index in [0.29, 0.717) is 5.69 Å². The van der Waals surface area contributed by atoms with Crippen molar-refractivity contribution in [3.05, 3.63) is 24.3 Å². The molecule has 1 aromatic carbocycles. The molecule has 0 amide bonds. The van der Waals surface area contributed by atoms with Gasteiger partial charge in [-0.1, -0.05) is 0 Å². The molecule has 0 aromatic heterocycles. The van der Waals surface area contributed by atoms with Gasteiger partial charge in [0.25, 0.3) is 10.1 Å². The fraction of sp³-hybridized carbons (Fsp3) is 0.400. The second kappa shape index (κ2) is 5.87. The van der Waals surface area contributed by atoms with E-state index < -0.39 is 25.9 Å². The molecule has 9 heteroatoms. The minimum absolute atomic E-state index is 0.00744. The second-order valence-electron chi connectivity index (χ2n) is 4.04. The summed E-state index contributed by atoms with van der Waals surface area (Å²) in [5, 5.41) is 0. The van der Waals surface area contributed by atoms with Crippen molar-refractivity contribution >= 4 is 25.8 Å². The third kappa shape index (κ3) is 4.78. The van der Waals surface area contributed by atoms with Crippen molar-refractivity contribution in [2.24, 2.45) is 0 Å². The molecule has 1 rings (SSSR count). The first-order valence-electron chi connectivity index (χ1n) is 5.40. The molecule has 0 saturated heterocycles. The summed E-state index contributed by atoms with van der Waals surface area (Å²) in [4.78, 5) is 0.0797. The summed E-state index contributed by atoms with van der Waals surface area (Å²) in [6.45, 7) is -0.00744. The Labute approximate surface area is 112 Å². The highest BCUT2D eigenvalue weighted by atomic mass is 32.2. The van der Waals surface area contributed by atoms with E-state index in [-0.39, 0.29) is 17.9 Å². The van der Waals surface area contributed by atoms with Gasteiger partial charge in [-0.05, 0) is 30.7 Å². The van der Waals surface area contributed by atoms with Crippen LogP contribution in [0.15, 0.2) is 29.2 Å². The second-order valence-corrected chi connectivity index (χ2v) is 7.65. The Kier molecular flexibility index (Phi) is 4.91. The topological polar surface area (TPSA) is 118 Å². The lowest BCUT2D eigenvalue weighted by Gasteiger charge is -2.16. The predicted molar refractivity (Wildman–Crippen MR) is 71.7 cm³/mol. The maximum Gasteiger partial charge on any atom is 0.264 e. The fourth-order valence-corrected chi connectivity index (χ4v) is 3.11. The van der Waals surface area contributed by atoms with Crippen molar-refractivity contribution in [2.75, 3.05) is 25.1 Å². The van der Waals surface area contributed by atoms with Crippen LogP contribution >= 0.6 is 0 Å². The van der Waals surface area contributed by atoms with Gasteiger partial charge in [-0.25, -0.2) is 12.7 Å². The van der Waals surface area contributed by atoms with E-state index in [1.807, 2.05) is 0 Å². The van der Waals surface area contributed by atoms with Gasteiger partial charge in [0.1, 0.15) is 0 Å². The molecular formula is C10H16N2O5S2. The Morgan fingerprint density at radius 1 is 1.16 bits per heavy atom. The molecule has 1 aromatic rings. The Morgan fingerprint density at radius 2 is 1.68 bits per heavy atom. The van der Waals surface area contributed by atoms with E-state index in [1.165, 1.54) is 31.3 Å². The lowest BCUT2D eigenvalue weighted by atomic mass is 10.3. The number of nitrogens with two attached hydrogens (primary N) is 1. The first-order chi connectivity index (χ1) is 8.63. The van der Waals surface area contributed by atoms with Crippen LogP contribution < -0.4 is 5.73 Å². The van der Waals surface area contributed by atoms with Crippen LogP contribution in [0.5, 0.6) is 0 Å². The van der Waals surface area contributed by atoms with Gasteiger partial charge in [0.15, 0.2) is 0 Å². The van der Waals surface area contributed by atoms with Gasteiger partial charge in [-0.3, -0.25) is 4.55 Å². The van der Waals surface area contributed by atoms with Crippen LogP contribution in [0.2, 0.25) is 0 Å². The van der Waals surface area contributed by atoms with Crippen LogP contribution in [0.1, 0.15) is 6.42 Å². The van der Waals surface area contributed by atoms with Crippen LogP contribution in [0, 0.1) is 0 Å². The summed E-state index contributed by atoms with van der Waals surface area (Å²) < 4.78 is 54.8. The highest BCUT2D eigenvalue weighted by Gasteiger charge is 2.20. The quantitative estimate of drug-likeness (QED) is 0.571. The first kappa shape index (κ1) is 15.9. The average Bonchev–Trinajstić information content (AvgIpc) is 2.27. The summed E-state index contributed by atoms with van der Waals surface area (Å²) in [7, 11) is -6.40. The molecule has 0 spiro atoms. The molecule has 0 unspecified atom stereocenters. The van der Waals surface area contributed by atoms with Crippen molar-refractivity contribution in [3.63, 3.8) is 0 Å². The summed E-state index contributed by atoms with van der Waals surface area (Å²) >= 11 is 0. The first-order valence-corrected chi connectivity index (χ1v) is 8.45. The fourth-order valence-electron chi connectivity index (χ4n) is 1.41. The molecule has 0 atom stereocenters. The van der Waals surface area contributed by atoms with Gasteiger partial charge in [0.2, 0.25) is 10.0 Å². The molecule has 0 saturated carbocycles. The standard InChI is InChI=1S/C10H16N2O5S2/c1-12(7-2-8-18(13,14)15)19(16,17)10-5-3-9(11)4-6-10/h3-6H,2,7-8,11H2,1H3,(H,13,14,15). The van der Waals surface area contributed by atoms with Crippen LogP contribution in [-0.4, -0.2) is 45.0 Å². The number of hydrogen-bond donors (Lipinski definition) is 2. The Hall–Kier alpha value is -1.16. The molecule has 0 fully saturated rings. The SMILES string of the molecule is CN(CCCS(=O)(=O)O)S(=O)(=O)c1ccc(N)cc1. The zero-order chi connectivity index (χ0) is 14.7. The number of nitrogen functional groups attached to an aromatic ring is 1. The molecule has 108 valence electrons. The lowest BCUT2D eigenvalue weighted by molar-refractivity contribution is 0.454. The summed E-state index contributed by atoms with van der Waals surface area (Å²) in [6.07, 6.45) is 0.0174. The van der Waals surface area contributed by atoms with Crippen molar-refractivity contribution in [2.45, 2.75) is 11.3 Å². The van der Waals surface area contributed by atoms with E-state index >= 15 is 0 Å². The summed E-state index contributed by atoms with van der Waals surface area (Å²) in [6, 6.07) is 5.70. The van der Waals surface area contributed by atoms with Gasteiger partial charge in [-0.15, -0.1) is 0 Å². The van der Waals surface area contributed by atoms with Crippen molar-refractivity contribution in [1.29, 1.82) is 0 Å². The molecule has 0 aliphatic heterocycles. The Morgan fingerprint density at radius 3 is 2.16 bits per heavy atom. The molecule has 3 N–H and O–H groups in total. The Balaban J connectivity index is 2.75. The normalized spacial score (nSPS) is 12.8. The van der Waals surface area contributed by atoms with Crippen LogP contribution in [0.3, 0.4) is 0 Å². The molecule has 0 bridgehead atoms. The highest BCUT2D eigenvalue weighted by molar-refractivity contribution is 7.89. The summed E-state index contributed by atoms with van der Waals surface area (Å²) in [5.74, 6) is -0.478. The number of benzene rings is 1. The van der Waals surface area contributed by atoms with Crippen molar-refractivity contribution in [1.82, 2.24) is 4.31 Å².